The highest BCUT2D eigenvalue weighted by molar-refractivity contribution is 7.92. The van der Waals surface area contributed by atoms with Crippen LogP contribution in [0.1, 0.15) is 77.7 Å². The molecular weight excluding hydrogens is 580 g/mol. The quantitative estimate of drug-likeness (QED) is 0.216. The predicted octanol–water partition coefficient (Wildman–Crippen LogP) is 5.39. The lowest BCUT2D eigenvalue weighted by Crippen LogP contribution is -2.28. The number of methoxy groups -OCH3 is 1. The number of hydrogen-bond acceptors (Lipinski definition) is 7. The summed E-state index contributed by atoms with van der Waals surface area (Å²) >= 11 is 0. The lowest BCUT2D eigenvalue weighted by atomic mass is 9.86. The summed E-state index contributed by atoms with van der Waals surface area (Å²) in [5, 5.41) is 14.1. The van der Waals surface area contributed by atoms with E-state index in [1.54, 1.807) is 30.3 Å². The van der Waals surface area contributed by atoms with Crippen LogP contribution in [0.25, 0.3) is 5.69 Å². The molecule has 0 saturated carbocycles. The van der Waals surface area contributed by atoms with Gasteiger partial charge in [0.05, 0.1) is 42.7 Å². The molecule has 3 N–H and O–H groups in total. The van der Waals surface area contributed by atoms with E-state index in [1.165, 1.54) is 18.0 Å². The van der Waals surface area contributed by atoms with E-state index < -0.39 is 15.9 Å². The number of aryl methyl sites for hydroxylation is 1. The van der Waals surface area contributed by atoms with Gasteiger partial charge in [-0.3, -0.25) is 14.3 Å². The van der Waals surface area contributed by atoms with Crippen LogP contribution in [0.4, 0.5) is 11.4 Å². The summed E-state index contributed by atoms with van der Waals surface area (Å²) in [4.78, 5) is 26.5. The zero-order chi connectivity index (χ0) is 32.2. The van der Waals surface area contributed by atoms with E-state index in [0.717, 1.165) is 22.9 Å². The monoisotopic (exact) mass is 618 g/mol. The summed E-state index contributed by atoms with van der Waals surface area (Å²) in [6.07, 6.45) is 3.28. The molecule has 0 aliphatic heterocycles. The second kappa shape index (κ2) is 12.9. The number of ether oxygens (including phenoxy) is 1. The average molecular weight is 619 g/mol. The van der Waals surface area contributed by atoms with E-state index in [0.29, 0.717) is 23.4 Å². The van der Waals surface area contributed by atoms with Crippen molar-refractivity contribution in [1.29, 1.82) is 0 Å². The molecule has 0 spiro atoms. The van der Waals surface area contributed by atoms with Gasteiger partial charge in [0.2, 0.25) is 10.0 Å². The van der Waals surface area contributed by atoms with Gasteiger partial charge in [-0.25, -0.2) is 13.1 Å². The minimum absolute atomic E-state index is 0.142. The van der Waals surface area contributed by atoms with E-state index in [-0.39, 0.29) is 34.5 Å². The molecule has 11 nitrogen and oxygen atoms in total. The average Bonchev–Trinajstić information content (AvgIpc) is 3.45. The highest BCUT2D eigenvalue weighted by Crippen LogP contribution is 2.39. The highest BCUT2D eigenvalue weighted by Gasteiger charge is 2.23. The second-order valence-corrected chi connectivity index (χ2v) is 13.3. The molecule has 1 heterocycles. The SMILES string of the molecule is CC[C@@H](NC(=O)c1cn(-c2cc(C(=O)Nc3cc(C(C)(C)C)cc(NS(C)(=O)=O)c3OC)ccc2C)nn1)c1ccccc1. The number of nitrogens with one attached hydrogen (secondary N) is 3. The van der Waals surface area contributed by atoms with Crippen LogP contribution in [0, 0.1) is 6.92 Å². The van der Waals surface area contributed by atoms with Gasteiger partial charge in [-0.15, -0.1) is 5.10 Å². The first-order chi connectivity index (χ1) is 20.7. The van der Waals surface area contributed by atoms with Gasteiger partial charge in [0.15, 0.2) is 11.4 Å². The Labute approximate surface area is 258 Å². The Balaban J connectivity index is 1.62. The summed E-state index contributed by atoms with van der Waals surface area (Å²) in [6.45, 7) is 9.79. The van der Waals surface area contributed by atoms with Crippen molar-refractivity contribution in [2.75, 3.05) is 23.4 Å². The summed E-state index contributed by atoms with van der Waals surface area (Å²) < 4.78 is 33.6. The number of aromatic nitrogens is 3. The molecule has 1 aromatic heterocycles. The van der Waals surface area contributed by atoms with Crippen molar-refractivity contribution < 1.29 is 22.7 Å². The van der Waals surface area contributed by atoms with Crippen LogP contribution in [-0.2, 0) is 15.4 Å². The predicted molar refractivity (Wildman–Crippen MR) is 171 cm³/mol. The third-order valence-corrected chi connectivity index (χ3v) is 7.65. The summed E-state index contributed by atoms with van der Waals surface area (Å²) in [7, 11) is -2.22. The Morgan fingerprint density at radius 3 is 2.30 bits per heavy atom. The van der Waals surface area contributed by atoms with Crippen molar-refractivity contribution in [3.8, 4) is 11.4 Å². The van der Waals surface area contributed by atoms with Gasteiger partial charge in [-0.2, -0.15) is 0 Å². The number of nitrogens with zero attached hydrogens (tertiary/aromatic N) is 3. The third kappa shape index (κ3) is 7.62. The molecule has 44 heavy (non-hydrogen) atoms. The van der Waals surface area contributed by atoms with E-state index in [1.807, 2.05) is 65.0 Å². The van der Waals surface area contributed by atoms with Crippen molar-refractivity contribution in [3.63, 3.8) is 0 Å². The van der Waals surface area contributed by atoms with E-state index in [4.69, 9.17) is 4.74 Å². The molecule has 3 aromatic carbocycles. The normalized spacial score (nSPS) is 12.3. The van der Waals surface area contributed by atoms with Crippen LogP contribution in [0.5, 0.6) is 5.75 Å². The van der Waals surface area contributed by atoms with Gasteiger partial charge in [0, 0.05) is 5.56 Å². The zero-order valence-corrected chi connectivity index (χ0v) is 26.7. The number of carbonyl (C=O) groups excluding carboxylic acids is 2. The second-order valence-electron chi connectivity index (χ2n) is 11.6. The molecule has 232 valence electrons. The highest BCUT2D eigenvalue weighted by atomic mass is 32.2. The van der Waals surface area contributed by atoms with Crippen LogP contribution in [-0.4, -0.2) is 48.6 Å². The summed E-state index contributed by atoms with van der Waals surface area (Å²) in [5.41, 5.74) is 3.77. The maximum atomic E-state index is 13.5. The van der Waals surface area contributed by atoms with Gasteiger partial charge in [-0.1, -0.05) is 69.3 Å². The Morgan fingerprint density at radius 2 is 1.68 bits per heavy atom. The minimum Gasteiger partial charge on any atom is -0.492 e. The molecule has 0 radical (unpaired) electrons. The molecule has 0 unspecified atom stereocenters. The molecular formula is C32H38N6O5S. The minimum atomic E-state index is -3.62. The third-order valence-electron chi connectivity index (χ3n) is 7.06. The van der Waals surface area contributed by atoms with Crippen LogP contribution in [0.3, 0.4) is 0 Å². The molecule has 0 fully saturated rings. The number of sulfonamides is 1. The fourth-order valence-corrected chi connectivity index (χ4v) is 5.22. The van der Waals surface area contributed by atoms with Crippen molar-refractivity contribution in [3.05, 3.63) is 94.8 Å². The number of anilines is 2. The first-order valence-electron chi connectivity index (χ1n) is 14.1. The summed E-state index contributed by atoms with van der Waals surface area (Å²) in [6, 6.07) is 18.1. The first kappa shape index (κ1) is 32.2. The smallest absolute Gasteiger partial charge is 0.273 e. The fraction of sp³-hybridized carbons (Fsp3) is 0.312. The van der Waals surface area contributed by atoms with Crippen LogP contribution in [0.2, 0.25) is 0 Å². The zero-order valence-electron chi connectivity index (χ0n) is 25.9. The number of hydrogen-bond donors (Lipinski definition) is 3. The van der Waals surface area contributed by atoms with E-state index >= 15 is 0 Å². The molecule has 0 aliphatic carbocycles. The van der Waals surface area contributed by atoms with Crippen LogP contribution in [0.15, 0.2) is 66.9 Å². The molecule has 4 aromatic rings. The Hall–Kier alpha value is -4.71. The number of amides is 2. The maximum absolute atomic E-state index is 13.5. The van der Waals surface area contributed by atoms with Crippen LogP contribution >= 0.6 is 0 Å². The van der Waals surface area contributed by atoms with Crippen molar-refractivity contribution in [1.82, 2.24) is 20.3 Å². The van der Waals surface area contributed by atoms with Crippen molar-refractivity contribution in [2.45, 2.75) is 52.5 Å². The Kier molecular flexibility index (Phi) is 9.43. The molecule has 0 bridgehead atoms. The fourth-order valence-electron chi connectivity index (χ4n) is 4.67. The van der Waals surface area contributed by atoms with E-state index in [9.17, 15) is 18.0 Å². The lowest BCUT2D eigenvalue weighted by molar-refractivity contribution is 0.0929. The van der Waals surface area contributed by atoms with Gasteiger partial charge in [0.25, 0.3) is 11.8 Å². The summed E-state index contributed by atoms with van der Waals surface area (Å²) in [5.74, 6) is -0.632. The molecule has 0 aliphatic rings. The topological polar surface area (TPSA) is 144 Å². The molecule has 2 amide bonds. The van der Waals surface area contributed by atoms with Gasteiger partial charge >= 0.3 is 0 Å². The number of rotatable bonds is 10. The van der Waals surface area contributed by atoms with Crippen molar-refractivity contribution >= 4 is 33.2 Å². The maximum Gasteiger partial charge on any atom is 0.273 e. The largest absolute Gasteiger partial charge is 0.492 e. The first-order valence-corrected chi connectivity index (χ1v) is 16.0. The lowest BCUT2D eigenvalue weighted by Gasteiger charge is -2.24. The van der Waals surface area contributed by atoms with Gasteiger partial charge in [-0.05, 0) is 59.7 Å². The van der Waals surface area contributed by atoms with E-state index in [2.05, 4.69) is 25.7 Å². The molecule has 1 atom stereocenters. The Bertz CT molecular complexity index is 1780. The van der Waals surface area contributed by atoms with Gasteiger partial charge < -0.3 is 15.4 Å². The number of benzene rings is 3. The molecule has 12 heteroatoms. The van der Waals surface area contributed by atoms with Gasteiger partial charge in [0.1, 0.15) is 0 Å². The van der Waals surface area contributed by atoms with Crippen molar-refractivity contribution in [2.24, 2.45) is 0 Å². The molecule has 0 saturated heterocycles. The number of carbonyl (C=O) groups is 2. The molecule has 4 rings (SSSR count). The standard InChI is InChI=1S/C32H38N6O5S/c1-8-24(21-12-10-9-11-13-21)33-31(40)27-19-38(37-35-27)28-16-22(15-14-20(28)2)30(39)34-25-17-23(32(3,4)5)18-26(29(25)43-6)36-44(7,41)42/h9-19,24,36H,8H2,1-7H3,(H,33,40)(H,34,39)/t24-/m1/s1. The Morgan fingerprint density at radius 1 is 1.00 bits per heavy atom. The van der Waals surface area contributed by atoms with Crippen LogP contribution < -0.4 is 20.1 Å².